The largest absolute Gasteiger partial charge is 0.372 e. The highest BCUT2D eigenvalue weighted by Crippen LogP contribution is 2.17. The maximum atomic E-state index is 8.00. The highest BCUT2D eigenvalue weighted by molar-refractivity contribution is 4.97. The number of hydrogen-bond acceptors (Lipinski definition) is 2. The molecule has 0 bridgehead atoms. The lowest BCUT2D eigenvalue weighted by Crippen LogP contribution is -2.06. The third kappa shape index (κ3) is 1.45. The molecule has 2 atom stereocenters. The summed E-state index contributed by atoms with van der Waals surface area (Å²) in [5.74, 6) is 0. The zero-order valence-corrected chi connectivity index (χ0v) is 4.90. The second-order valence-corrected chi connectivity index (χ2v) is 1.80. The van der Waals surface area contributed by atoms with Crippen molar-refractivity contribution < 1.29 is 4.74 Å². The Labute approximate surface area is 52.8 Å². The maximum absolute atomic E-state index is 8.00. The second kappa shape index (κ2) is 2.53. The topological polar surface area (TPSA) is 61.3 Å². The van der Waals surface area contributed by atoms with Crippen molar-refractivity contribution in [2.45, 2.75) is 12.1 Å². The normalized spacial score (nSPS) is 26.0. The molecule has 1 aliphatic rings. The number of hydrogen-bond donors (Lipinski definition) is 0. The summed E-state index contributed by atoms with van der Waals surface area (Å²) in [6, 6.07) is -0.171. The minimum atomic E-state index is -0.171. The van der Waals surface area contributed by atoms with Gasteiger partial charge in [0.25, 0.3) is 0 Å². The number of epoxide rings is 1. The molecule has 1 fully saturated rings. The van der Waals surface area contributed by atoms with E-state index in [-0.39, 0.29) is 12.1 Å². The zero-order chi connectivity index (χ0) is 6.69. The first-order chi connectivity index (χ1) is 4.38. The van der Waals surface area contributed by atoms with Crippen molar-refractivity contribution >= 4 is 0 Å². The van der Waals surface area contributed by atoms with Crippen molar-refractivity contribution in [3.63, 3.8) is 0 Å². The van der Waals surface area contributed by atoms with E-state index >= 15 is 0 Å². The Morgan fingerprint density at radius 1 is 2.00 bits per heavy atom. The Bertz CT molecular complexity index is 158. The molecular weight excluding hydrogens is 118 g/mol. The van der Waals surface area contributed by atoms with E-state index in [1.165, 1.54) is 0 Å². The van der Waals surface area contributed by atoms with Crippen LogP contribution in [0.5, 0.6) is 0 Å². The van der Waals surface area contributed by atoms with E-state index in [2.05, 4.69) is 16.6 Å². The summed E-state index contributed by atoms with van der Waals surface area (Å²) in [7, 11) is 0. The molecule has 0 saturated carbocycles. The molecular formula is C5H7N3O. The van der Waals surface area contributed by atoms with E-state index in [0.29, 0.717) is 6.61 Å². The van der Waals surface area contributed by atoms with Crippen LogP contribution in [0, 0.1) is 0 Å². The van der Waals surface area contributed by atoms with E-state index in [1.807, 2.05) is 0 Å². The molecule has 0 radical (unpaired) electrons. The van der Waals surface area contributed by atoms with Gasteiger partial charge in [-0.25, -0.2) is 0 Å². The summed E-state index contributed by atoms with van der Waals surface area (Å²) in [6.07, 6.45) is 1.69. The van der Waals surface area contributed by atoms with Gasteiger partial charge in [-0.05, 0) is 5.53 Å². The summed E-state index contributed by atoms with van der Waals surface area (Å²) in [5, 5.41) is 3.44. The molecule has 0 N–H and O–H groups in total. The first-order valence-electron chi connectivity index (χ1n) is 2.67. The van der Waals surface area contributed by atoms with Gasteiger partial charge in [-0.3, -0.25) is 0 Å². The minimum Gasteiger partial charge on any atom is -0.372 e. The molecule has 0 spiro atoms. The molecule has 4 heteroatoms. The fourth-order valence-corrected chi connectivity index (χ4v) is 0.586. The SMILES string of the molecule is C=C[C@H](N=[N+]=[N-])[C@H]1CO1. The van der Waals surface area contributed by atoms with Gasteiger partial charge in [0.05, 0.1) is 18.8 Å². The highest BCUT2D eigenvalue weighted by Gasteiger charge is 2.29. The summed E-state index contributed by atoms with van der Waals surface area (Å²) >= 11 is 0. The summed E-state index contributed by atoms with van der Waals surface area (Å²) < 4.78 is 4.88. The molecule has 1 saturated heterocycles. The Morgan fingerprint density at radius 2 is 2.67 bits per heavy atom. The van der Waals surface area contributed by atoms with Gasteiger partial charge in [0.15, 0.2) is 0 Å². The third-order valence-electron chi connectivity index (χ3n) is 1.17. The van der Waals surface area contributed by atoms with Crippen molar-refractivity contribution in [1.29, 1.82) is 0 Å². The van der Waals surface area contributed by atoms with Crippen LogP contribution in [0.3, 0.4) is 0 Å². The van der Waals surface area contributed by atoms with Crippen LogP contribution in [-0.2, 0) is 4.74 Å². The fraction of sp³-hybridized carbons (Fsp3) is 0.600. The lowest BCUT2D eigenvalue weighted by Gasteiger charge is -1.95. The third-order valence-corrected chi connectivity index (χ3v) is 1.17. The predicted octanol–water partition coefficient (Wildman–Crippen LogP) is 1.25. The number of nitrogens with zero attached hydrogens (tertiary/aromatic N) is 3. The first kappa shape index (κ1) is 6.13. The fourth-order valence-electron chi connectivity index (χ4n) is 0.586. The van der Waals surface area contributed by atoms with E-state index in [4.69, 9.17) is 10.3 Å². The van der Waals surface area contributed by atoms with Gasteiger partial charge in [0, 0.05) is 4.91 Å². The Kier molecular flexibility index (Phi) is 1.72. The zero-order valence-electron chi connectivity index (χ0n) is 4.90. The molecule has 0 unspecified atom stereocenters. The average molecular weight is 125 g/mol. The van der Waals surface area contributed by atoms with Gasteiger partial charge >= 0.3 is 0 Å². The second-order valence-electron chi connectivity index (χ2n) is 1.80. The molecule has 0 aromatic heterocycles. The van der Waals surface area contributed by atoms with Gasteiger partial charge in [0.2, 0.25) is 0 Å². The van der Waals surface area contributed by atoms with Crippen LogP contribution in [0.25, 0.3) is 10.4 Å². The van der Waals surface area contributed by atoms with Crippen LogP contribution < -0.4 is 0 Å². The lowest BCUT2D eigenvalue weighted by molar-refractivity contribution is 0.392. The standard InChI is InChI=1S/C5H7N3O/c1-2-4(7-8-6)5-3-9-5/h2,4-5H,1,3H2/t4-,5+/m0/s1. The number of rotatable bonds is 3. The van der Waals surface area contributed by atoms with Gasteiger partial charge in [-0.1, -0.05) is 11.2 Å². The molecule has 9 heavy (non-hydrogen) atoms. The van der Waals surface area contributed by atoms with Crippen LogP contribution >= 0.6 is 0 Å². The quantitative estimate of drug-likeness (QED) is 0.184. The lowest BCUT2D eigenvalue weighted by atomic mass is 10.2. The molecule has 0 aromatic carbocycles. The van der Waals surface area contributed by atoms with Gasteiger partial charge in [-0.2, -0.15) is 0 Å². The van der Waals surface area contributed by atoms with Crippen molar-refractivity contribution in [2.75, 3.05) is 6.61 Å². The summed E-state index contributed by atoms with van der Waals surface area (Å²) in [5.41, 5.74) is 8.00. The summed E-state index contributed by atoms with van der Waals surface area (Å²) in [4.78, 5) is 2.64. The Balaban J connectivity index is 2.46. The molecule has 48 valence electrons. The van der Waals surface area contributed by atoms with Crippen molar-refractivity contribution in [3.05, 3.63) is 23.1 Å². The predicted molar refractivity (Wildman–Crippen MR) is 32.9 cm³/mol. The van der Waals surface area contributed by atoms with Gasteiger partial charge in [-0.15, -0.1) is 6.58 Å². The van der Waals surface area contributed by atoms with Crippen molar-refractivity contribution in [1.82, 2.24) is 0 Å². The van der Waals surface area contributed by atoms with E-state index < -0.39 is 0 Å². The molecule has 4 nitrogen and oxygen atoms in total. The van der Waals surface area contributed by atoms with Crippen LogP contribution in [0.1, 0.15) is 0 Å². The van der Waals surface area contributed by atoms with E-state index in [1.54, 1.807) is 6.08 Å². The molecule has 0 aromatic rings. The van der Waals surface area contributed by atoms with Crippen LogP contribution in [0.2, 0.25) is 0 Å². The number of azide groups is 1. The van der Waals surface area contributed by atoms with Gasteiger partial charge < -0.3 is 4.74 Å². The molecule has 0 aliphatic carbocycles. The monoisotopic (exact) mass is 125 g/mol. The van der Waals surface area contributed by atoms with E-state index in [9.17, 15) is 0 Å². The van der Waals surface area contributed by atoms with Gasteiger partial charge in [0.1, 0.15) is 0 Å². The molecule has 1 rings (SSSR count). The van der Waals surface area contributed by atoms with Crippen LogP contribution in [0.4, 0.5) is 0 Å². The average Bonchev–Trinajstić information content (AvgIpc) is 2.64. The molecule has 0 amide bonds. The van der Waals surface area contributed by atoms with E-state index in [0.717, 1.165) is 0 Å². The van der Waals surface area contributed by atoms with Crippen LogP contribution in [0.15, 0.2) is 17.8 Å². The highest BCUT2D eigenvalue weighted by atomic mass is 16.6. The Morgan fingerprint density at radius 3 is 3.00 bits per heavy atom. The Hall–Kier alpha value is -0.990. The number of ether oxygens (including phenoxy) is 1. The van der Waals surface area contributed by atoms with Crippen molar-refractivity contribution in [3.8, 4) is 0 Å². The summed E-state index contributed by atoms with van der Waals surface area (Å²) in [6.45, 7) is 4.19. The smallest absolute Gasteiger partial charge is 0.0929 e. The maximum Gasteiger partial charge on any atom is 0.0929 e. The molecule has 1 heterocycles. The van der Waals surface area contributed by atoms with Crippen LogP contribution in [-0.4, -0.2) is 18.8 Å². The van der Waals surface area contributed by atoms with Crippen molar-refractivity contribution in [2.24, 2.45) is 5.11 Å². The first-order valence-corrected chi connectivity index (χ1v) is 2.67. The minimum absolute atomic E-state index is 0.0957. The molecule has 1 aliphatic heterocycles.